The Morgan fingerprint density at radius 1 is 1.33 bits per heavy atom. The highest BCUT2D eigenvalue weighted by molar-refractivity contribution is 14.1. The van der Waals surface area contributed by atoms with Crippen LogP contribution in [-0.2, 0) is 0 Å². The number of carbonyl (C=O) groups excluding carboxylic acids is 1. The molecule has 1 fully saturated rings. The lowest BCUT2D eigenvalue weighted by atomic mass is 9.87. The van der Waals surface area contributed by atoms with Crippen LogP contribution < -0.4 is 5.32 Å². The van der Waals surface area contributed by atoms with Crippen molar-refractivity contribution in [1.82, 2.24) is 5.32 Å². The summed E-state index contributed by atoms with van der Waals surface area (Å²) in [6.07, 6.45) is 3.61. The van der Waals surface area contributed by atoms with Crippen LogP contribution in [0.3, 0.4) is 0 Å². The number of rotatable bonds is 3. The van der Waals surface area contributed by atoms with Crippen LogP contribution in [0.4, 0.5) is 0 Å². The summed E-state index contributed by atoms with van der Waals surface area (Å²) in [6.45, 7) is 0.719. The first-order valence-electron chi connectivity index (χ1n) is 6.37. The van der Waals surface area contributed by atoms with Gasteiger partial charge in [0.1, 0.15) is 0 Å². The lowest BCUT2D eigenvalue weighted by Gasteiger charge is -2.25. The van der Waals surface area contributed by atoms with E-state index in [1.54, 1.807) is 0 Å². The van der Waals surface area contributed by atoms with Crippen molar-refractivity contribution in [1.29, 1.82) is 0 Å². The van der Waals surface area contributed by atoms with Gasteiger partial charge in [-0.25, -0.2) is 0 Å². The van der Waals surface area contributed by atoms with Gasteiger partial charge in [0, 0.05) is 15.7 Å². The first kappa shape index (κ1) is 13.8. The molecule has 0 aliphatic heterocycles. The van der Waals surface area contributed by atoms with Gasteiger partial charge in [-0.2, -0.15) is 0 Å². The van der Waals surface area contributed by atoms with Gasteiger partial charge in [0.05, 0.1) is 6.10 Å². The Labute approximate surface area is 121 Å². The zero-order chi connectivity index (χ0) is 13.0. The van der Waals surface area contributed by atoms with Crippen molar-refractivity contribution in [3.05, 3.63) is 33.4 Å². The molecule has 2 rings (SSSR count). The Bertz CT molecular complexity index is 414. The Hall–Kier alpha value is -0.620. The van der Waals surface area contributed by atoms with E-state index >= 15 is 0 Å². The Morgan fingerprint density at radius 3 is 2.72 bits per heavy atom. The van der Waals surface area contributed by atoms with E-state index in [2.05, 4.69) is 27.9 Å². The molecule has 3 nitrogen and oxygen atoms in total. The normalized spacial score (nSPS) is 23.7. The summed E-state index contributed by atoms with van der Waals surface area (Å²) in [5.41, 5.74) is 0.720. The van der Waals surface area contributed by atoms with Crippen LogP contribution in [0.1, 0.15) is 36.0 Å². The zero-order valence-electron chi connectivity index (χ0n) is 10.2. The lowest BCUT2D eigenvalue weighted by molar-refractivity contribution is 0.0910. The fraction of sp³-hybridized carbons (Fsp3) is 0.500. The van der Waals surface area contributed by atoms with E-state index in [4.69, 9.17) is 0 Å². The highest BCUT2D eigenvalue weighted by Gasteiger charge is 2.19. The second-order valence-corrected chi connectivity index (χ2v) is 6.14. The first-order valence-corrected chi connectivity index (χ1v) is 7.45. The number of carbonyl (C=O) groups is 1. The van der Waals surface area contributed by atoms with Crippen molar-refractivity contribution in [2.75, 3.05) is 6.54 Å². The summed E-state index contributed by atoms with van der Waals surface area (Å²) in [5.74, 6) is 0.514. The second-order valence-electron chi connectivity index (χ2n) is 4.89. The molecule has 1 amide bonds. The summed E-state index contributed by atoms with van der Waals surface area (Å²) in [4.78, 5) is 11.9. The SMILES string of the molecule is O=C(NCC1CCC(O)CC1)c1cccc(I)c1. The van der Waals surface area contributed by atoms with Crippen molar-refractivity contribution >= 4 is 28.5 Å². The molecule has 0 radical (unpaired) electrons. The topological polar surface area (TPSA) is 49.3 Å². The van der Waals surface area contributed by atoms with Crippen molar-refractivity contribution in [3.8, 4) is 0 Å². The summed E-state index contributed by atoms with van der Waals surface area (Å²) >= 11 is 2.20. The zero-order valence-corrected chi connectivity index (χ0v) is 12.4. The third kappa shape index (κ3) is 3.95. The first-order chi connectivity index (χ1) is 8.65. The van der Waals surface area contributed by atoms with Gasteiger partial charge < -0.3 is 10.4 Å². The number of aliphatic hydroxyl groups excluding tert-OH is 1. The number of aliphatic hydroxyl groups is 1. The number of nitrogens with one attached hydrogen (secondary N) is 1. The average molecular weight is 359 g/mol. The van der Waals surface area contributed by atoms with E-state index in [0.29, 0.717) is 5.92 Å². The molecule has 4 heteroatoms. The van der Waals surface area contributed by atoms with E-state index in [-0.39, 0.29) is 12.0 Å². The van der Waals surface area contributed by atoms with E-state index in [1.165, 1.54) is 0 Å². The Balaban J connectivity index is 1.81. The van der Waals surface area contributed by atoms with Gasteiger partial charge in [0.2, 0.25) is 0 Å². The van der Waals surface area contributed by atoms with Gasteiger partial charge in [-0.15, -0.1) is 0 Å². The van der Waals surface area contributed by atoms with Gasteiger partial charge in [-0.05, 0) is 72.4 Å². The maximum atomic E-state index is 11.9. The maximum Gasteiger partial charge on any atom is 0.251 e. The molecule has 0 unspecified atom stereocenters. The fourth-order valence-corrected chi connectivity index (χ4v) is 2.86. The number of amides is 1. The average Bonchev–Trinajstić information content (AvgIpc) is 2.38. The molecule has 98 valence electrons. The fourth-order valence-electron chi connectivity index (χ4n) is 2.32. The molecular weight excluding hydrogens is 341 g/mol. The summed E-state index contributed by atoms with van der Waals surface area (Å²) in [5, 5.41) is 12.4. The number of hydrogen-bond donors (Lipinski definition) is 2. The minimum atomic E-state index is -0.132. The van der Waals surface area contributed by atoms with E-state index in [1.807, 2.05) is 24.3 Å². The van der Waals surface area contributed by atoms with E-state index in [9.17, 15) is 9.90 Å². The third-order valence-corrected chi connectivity index (χ3v) is 4.13. The van der Waals surface area contributed by atoms with Gasteiger partial charge in [-0.1, -0.05) is 6.07 Å². The van der Waals surface area contributed by atoms with Gasteiger partial charge >= 0.3 is 0 Å². The van der Waals surface area contributed by atoms with Crippen molar-refractivity contribution in [2.45, 2.75) is 31.8 Å². The molecule has 1 saturated carbocycles. The van der Waals surface area contributed by atoms with Gasteiger partial charge in [0.15, 0.2) is 0 Å². The molecule has 0 aromatic heterocycles. The molecule has 1 aromatic rings. The highest BCUT2D eigenvalue weighted by atomic mass is 127. The van der Waals surface area contributed by atoms with E-state index < -0.39 is 0 Å². The molecule has 1 aromatic carbocycles. The minimum Gasteiger partial charge on any atom is -0.393 e. The number of benzene rings is 1. The molecule has 1 aliphatic carbocycles. The lowest BCUT2D eigenvalue weighted by Crippen LogP contribution is -2.32. The molecule has 0 atom stereocenters. The molecule has 2 N–H and O–H groups in total. The summed E-state index contributed by atoms with van der Waals surface area (Å²) < 4.78 is 1.07. The van der Waals surface area contributed by atoms with Crippen LogP contribution in [0.2, 0.25) is 0 Å². The molecular formula is C14H18INO2. The highest BCUT2D eigenvalue weighted by Crippen LogP contribution is 2.23. The summed E-state index contributed by atoms with van der Waals surface area (Å²) in [6, 6.07) is 7.59. The molecule has 0 spiro atoms. The quantitative estimate of drug-likeness (QED) is 0.815. The smallest absolute Gasteiger partial charge is 0.251 e. The van der Waals surface area contributed by atoms with Crippen LogP contribution in [0.15, 0.2) is 24.3 Å². The predicted molar refractivity (Wildman–Crippen MR) is 79.5 cm³/mol. The molecule has 0 saturated heterocycles. The molecule has 0 heterocycles. The number of hydrogen-bond acceptors (Lipinski definition) is 2. The standard InChI is InChI=1S/C14H18INO2/c15-12-3-1-2-11(8-12)14(18)16-9-10-4-6-13(17)7-5-10/h1-3,8,10,13,17H,4-7,9H2,(H,16,18). The van der Waals surface area contributed by atoms with Crippen molar-refractivity contribution in [3.63, 3.8) is 0 Å². The molecule has 0 bridgehead atoms. The van der Waals surface area contributed by atoms with E-state index in [0.717, 1.165) is 41.4 Å². The monoisotopic (exact) mass is 359 g/mol. The van der Waals surface area contributed by atoms with Crippen molar-refractivity contribution < 1.29 is 9.90 Å². The largest absolute Gasteiger partial charge is 0.393 e. The number of halogens is 1. The van der Waals surface area contributed by atoms with Crippen molar-refractivity contribution in [2.24, 2.45) is 5.92 Å². The van der Waals surface area contributed by atoms with Crippen LogP contribution in [0, 0.1) is 9.49 Å². The van der Waals surface area contributed by atoms with Crippen LogP contribution >= 0.6 is 22.6 Å². The van der Waals surface area contributed by atoms with Crippen LogP contribution in [0.5, 0.6) is 0 Å². The van der Waals surface area contributed by atoms with Crippen LogP contribution in [0.25, 0.3) is 0 Å². The predicted octanol–water partition coefficient (Wildman–Crippen LogP) is 2.57. The van der Waals surface area contributed by atoms with Crippen LogP contribution in [-0.4, -0.2) is 23.7 Å². The van der Waals surface area contributed by atoms with Gasteiger partial charge in [-0.3, -0.25) is 4.79 Å². The summed E-state index contributed by atoms with van der Waals surface area (Å²) in [7, 11) is 0. The Kier molecular flexibility index (Phi) is 5.00. The third-order valence-electron chi connectivity index (χ3n) is 3.45. The second kappa shape index (κ2) is 6.52. The molecule has 1 aliphatic rings. The maximum absolute atomic E-state index is 11.9. The Morgan fingerprint density at radius 2 is 2.06 bits per heavy atom. The molecule has 18 heavy (non-hydrogen) atoms. The van der Waals surface area contributed by atoms with Gasteiger partial charge in [0.25, 0.3) is 5.91 Å². The minimum absolute atomic E-state index is 0.000335.